The van der Waals surface area contributed by atoms with Gasteiger partial charge in [-0.1, -0.05) is 31.4 Å². The highest BCUT2D eigenvalue weighted by molar-refractivity contribution is 5.99. The van der Waals surface area contributed by atoms with Crippen molar-refractivity contribution in [3.63, 3.8) is 0 Å². The number of nitrogens with one attached hydrogen (secondary N) is 1. The SMILES string of the molecule is CN(C)CCOc1ccc(NC(=O)C2(c3ccc([N+](=O)[O-])cc3)CCCCC2)cc1. The number of anilines is 1. The number of hydrogen-bond donors (Lipinski definition) is 1. The van der Waals surface area contributed by atoms with E-state index in [1.54, 1.807) is 12.1 Å². The van der Waals surface area contributed by atoms with Gasteiger partial charge in [0.05, 0.1) is 10.3 Å². The van der Waals surface area contributed by atoms with Crippen LogP contribution in [0.15, 0.2) is 48.5 Å². The van der Waals surface area contributed by atoms with Crippen LogP contribution in [0.25, 0.3) is 0 Å². The lowest BCUT2D eigenvalue weighted by Gasteiger charge is -2.36. The molecule has 0 spiro atoms. The van der Waals surface area contributed by atoms with E-state index in [9.17, 15) is 14.9 Å². The predicted octanol–water partition coefficient (Wildman–Crippen LogP) is 4.38. The molecule has 1 N–H and O–H groups in total. The summed E-state index contributed by atoms with van der Waals surface area (Å²) in [6.07, 6.45) is 4.50. The van der Waals surface area contributed by atoms with E-state index in [2.05, 4.69) is 10.2 Å². The van der Waals surface area contributed by atoms with Gasteiger partial charge in [-0.15, -0.1) is 0 Å². The number of hydrogen-bond acceptors (Lipinski definition) is 5. The molecule has 1 amide bonds. The average molecular weight is 412 g/mol. The second-order valence-corrected chi connectivity index (χ2v) is 8.08. The lowest BCUT2D eigenvalue weighted by molar-refractivity contribution is -0.384. The van der Waals surface area contributed by atoms with Gasteiger partial charge in [0.2, 0.25) is 5.91 Å². The van der Waals surface area contributed by atoms with Crippen molar-refractivity contribution in [3.05, 3.63) is 64.2 Å². The molecule has 3 rings (SSSR count). The maximum atomic E-state index is 13.4. The summed E-state index contributed by atoms with van der Waals surface area (Å²) in [6, 6.07) is 13.8. The van der Waals surface area contributed by atoms with E-state index in [-0.39, 0.29) is 11.6 Å². The Morgan fingerprint density at radius 2 is 1.70 bits per heavy atom. The molecule has 0 aromatic heterocycles. The van der Waals surface area contributed by atoms with E-state index in [0.29, 0.717) is 12.3 Å². The van der Waals surface area contributed by atoms with Crippen molar-refractivity contribution in [2.75, 3.05) is 32.6 Å². The van der Waals surface area contributed by atoms with Crippen LogP contribution in [-0.4, -0.2) is 43.0 Å². The molecule has 7 heteroatoms. The number of benzene rings is 2. The third-order valence-electron chi connectivity index (χ3n) is 5.69. The molecule has 1 saturated carbocycles. The predicted molar refractivity (Wildman–Crippen MR) is 117 cm³/mol. The van der Waals surface area contributed by atoms with Gasteiger partial charge in [-0.05, 0) is 56.8 Å². The second-order valence-electron chi connectivity index (χ2n) is 8.08. The maximum absolute atomic E-state index is 13.4. The number of ether oxygens (including phenoxy) is 1. The van der Waals surface area contributed by atoms with E-state index in [4.69, 9.17) is 4.74 Å². The molecule has 0 aliphatic heterocycles. The summed E-state index contributed by atoms with van der Waals surface area (Å²) in [7, 11) is 3.99. The van der Waals surface area contributed by atoms with E-state index in [0.717, 1.165) is 50.0 Å². The zero-order valence-electron chi connectivity index (χ0n) is 17.6. The van der Waals surface area contributed by atoms with E-state index >= 15 is 0 Å². The van der Waals surface area contributed by atoms with Gasteiger partial charge < -0.3 is 15.0 Å². The molecule has 0 atom stereocenters. The Morgan fingerprint density at radius 1 is 1.07 bits per heavy atom. The van der Waals surface area contributed by atoms with Crippen molar-refractivity contribution < 1.29 is 14.5 Å². The van der Waals surface area contributed by atoms with Crippen molar-refractivity contribution in [1.82, 2.24) is 4.90 Å². The molecule has 0 bridgehead atoms. The zero-order chi connectivity index (χ0) is 21.6. The van der Waals surface area contributed by atoms with Gasteiger partial charge in [0, 0.05) is 24.4 Å². The largest absolute Gasteiger partial charge is 0.492 e. The molecule has 0 unspecified atom stereocenters. The smallest absolute Gasteiger partial charge is 0.269 e. The van der Waals surface area contributed by atoms with Crippen LogP contribution in [0.5, 0.6) is 5.75 Å². The van der Waals surface area contributed by atoms with Crippen molar-refractivity contribution in [1.29, 1.82) is 0 Å². The Kier molecular flexibility index (Phi) is 7.05. The van der Waals surface area contributed by atoms with Crippen molar-refractivity contribution >= 4 is 17.3 Å². The maximum Gasteiger partial charge on any atom is 0.269 e. The van der Waals surface area contributed by atoms with E-state index in [1.807, 2.05) is 38.4 Å². The van der Waals surface area contributed by atoms with Crippen LogP contribution in [0.2, 0.25) is 0 Å². The monoisotopic (exact) mass is 411 g/mol. The summed E-state index contributed by atoms with van der Waals surface area (Å²) in [6.45, 7) is 1.43. The summed E-state index contributed by atoms with van der Waals surface area (Å²) in [5.74, 6) is 0.704. The van der Waals surface area contributed by atoms with Gasteiger partial charge in [0.1, 0.15) is 12.4 Å². The highest BCUT2D eigenvalue weighted by Crippen LogP contribution is 2.41. The van der Waals surface area contributed by atoms with Crippen molar-refractivity contribution in [2.45, 2.75) is 37.5 Å². The molecule has 0 radical (unpaired) electrons. The standard InChI is InChI=1S/C23H29N3O4/c1-25(2)16-17-30-21-12-8-19(9-13-21)24-22(27)23(14-4-3-5-15-23)18-6-10-20(11-7-18)26(28)29/h6-13H,3-5,14-17H2,1-2H3,(H,24,27). The molecule has 0 saturated heterocycles. The Morgan fingerprint density at radius 3 is 2.27 bits per heavy atom. The number of carbonyl (C=O) groups excluding carboxylic acids is 1. The van der Waals surface area contributed by atoms with Crippen molar-refractivity contribution in [3.8, 4) is 5.75 Å². The quantitative estimate of drug-likeness (QED) is 0.515. The van der Waals surface area contributed by atoms with Gasteiger partial charge in [-0.25, -0.2) is 0 Å². The Hall–Kier alpha value is -2.93. The number of amides is 1. The second kappa shape index (κ2) is 9.71. The van der Waals surface area contributed by atoms with Gasteiger partial charge >= 0.3 is 0 Å². The molecule has 1 aliphatic rings. The minimum Gasteiger partial charge on any atom is -0.492 e. The van der Waals surface area contributed by atoms with E-state index < -0.39 is 10.3 Å². The van der Waals surface area contributed by atoms with Crippen LogP contribution in [0.4, 0.5) is 11.4 Å². The van der Waals surface area contributed by atoms with Crippen LogP contribution in [0.1, 0.15) is 37.7 Å². The molecule has 160 valence electrons. The fourth-order valence-corrected chi connectivity index (χ4v) is 3.94. The summed E-state index contributed by atoms with van der Waals surface area (Å²) in [5.41, 5.74) is 0.935. The number of nitro groups is 1. The average Bonchev–Trinajstić information content (AvgIpc) is 2.75. The first kappa shape index (κ1) is 21.8. The first-order chi connectivity index (χ1) is 14.4. The van der Waals surface area contributed by atoms with Crippen LogP contribution in [0.3, 0.4) is 0 Å². The minimum absolute atomic E-state index is 0.0370. The fourth-order valence-electron chi connectivity index (χ4n) is 3.94. The molecule has 1 fully saturated rings. The molecule has 7 nitrogen and oxygen atoms in total. The normalized spacial score (nSPS) is 15.6. The minimum atomic E-state index is -0.658. The van der Waals surface area contributed by atoms with Gasteiger partial charge in [0.15, 0.2) is 0 Å². The summed E-state index contributed by atoms with van der Waals surface area (Å²) < 4.78 is 5.70. The van der Waals surface area contributed by atoms with Gasteiger partial charge in [0.25, 0.3) is 5.69 Å². The molecular weight excluding hydrogens is 382 g/mol. The summed E-state index contributed by atoms with van der Waals surface area (Å²) in [4.78, 5) is 26.0. The molecule has 30 heavy (non-hydrogen) atoms. The summed E-state index contributed by atoms with van der Waals surface area (Å²) in [5, 5.41) is 14.0. The topological polar surface area (TPSA) is 84.7 Å². The van der Waals surface area contributed by atoms with Crippen LogP contribution < -0.4 is 10.1 Å². The first-order valence-corrected chi connectivity index (χ1v) is 10.3. The molecule has 2 aromatic carbocycles. The third-order valence-corrected chi connectivity index (χ3v) is 5.69. The van der Waals surface area contributed by atoms with Crippen molar-refractivity contribution in [2.24, 2.45) is 0 Å². The number of nitrogens with zero attached hydrogens (tertiary/aromatic N) is 2. The number of likely N-dealkylation sites (N-methyl/N-ethyl adjacent to an activating group) is 1. The highest BCUT2D eigenvalue weighted by Gasteiger charge is 2.41. The lowest BCUT2D eigenvalue weighted by atomic mass is 9.68. The number of carbonyl (C=O) groups is 1. The van der Waals surface area contributed by atoms with Crippen LogP contribution >= 0.6 is 0 Å². The number of nitro benzene ring substituents is 1. The zero-order valence-corrected chi connectivity index (χ0v) is 17.6. The van der Waals surface area contributed by atoms with Gasteiger partial charge in [-0.3, -0.25) is 14.9 Å². The van der Waals surface area contributed by atoms with Gasteiger partial charge in [-0.2, -0.15) is 0 Å². The Bertz CT molecular complexity index is 857. The Balaban J connectivity index is 1.73. The summed E-state index contributed by atoms with van der Waals surface area (Å²) >= 11 is 0. The van der Waals surface area contributed by atoms with Crippen LogP contribution in [0, 0.1) is 10.1 Å². The molecule has 2 aromatic rings. The van der Waals surface area contributed by atoms with E-state index in [1.165, 1.54) is 12.1 Å². The number of non-ortho nitro benzene ring substituents is 1. The fraction of sp³-hybridized carbons (Fsp3) is 0.435. The number of rotatable bonds is 8. The molecule has 1 aliphatic carbocycles. The van der Waals surface area contributed by atoms with Crippen LogP contribution in [-0.2, 0) is 10.2 Å². The molecule has 0 heterocycles. The first-order valence-electron chi connectivity index (χ1n) is 10.3. The highest BCUT2D eigenvalue weighted by atomic mass is 16.6. The Labute approximate surface area is 177 Å². The lowest BCUT2D eigenvalue weighted by Crippen LogP contribution is -2.42. The molecular formula is C23H29N3O4. The third kappa shape index (κ3) is 5.16.